The Labute approximate surface area is 111 Å². The zero-order chi connectivity index (χ0) is 13.0. The Morgan fingerprint density at radius 2 is 2.11 bits per heavy atom. The third-order valence-electron chi connectivity index (χ3n) is 2.47. The first-order valence-electron chi connectivity index (χ1n) is 6.02. The van der Waals surface area contributed by atoms with Crippen LogP contribution in [0.2, 0.25) is 0 Å². The highest BCUT2D eigenvalue weighted by Crippen LogP contribution is 2.29. The topological polar surface area (TPSA) is 58.0 Å². The minimum absolute atomic E-state index is 0.123. The van der Waals surface area contributed by atoms with Gasteiger partial charge >= 0.3 is 0 Å². The highest BCUT2D eigenvalue weighted by Gasteiger charge is 2.10. The van der Waals surface area contributed by atoms with Crippen molar-refractivity contribution in [2.75, 3.05) is 18.5 Å². The zero-order valence-corrected chi connectivity index (χ0v) is 11.4. The molecule has 5 heteroatoms. The Hall–Kier alpha value is -1.33. The number of hydrogen-bond acceptors (Lipinski definition) is 5. The summed E-state index contributed by atoms with van der Waals surface area (Å²) in [6.45, 7) is 4.92. The molecule has 0 amide bonds. The molecule has 2 rings (SSSR count). The van der Waals surface area contributed by atoms with Gasteiger partial charge in [-0.05, 0) is 13.0 Å². The number of hydrogen-bond donors (Lipinski definition) is 2. The molecule has 0 aliphatic rings. The molecule has 96 valence electrons. The van der Waals surface area contributed by atoms with Crippen molar-refractivity contribution < 1.29 is 5.11 Å². The van der Waals surface area contributed by atoms with Crippen LogP contribution in [0.3, 0.4) is 0 Å². The van der Waals surface area contributed by atoms with Gasteiger partial charge in [-0.3, -0.25) is 0 Å². The van der Waals surface area contributed by atoms with Crippen LogP contribution in [0.4, 0.5) is 5.95 Å². The van der Waals surface area contributed by atoms with Gasteiger partial charge in [0.1, 0.15) is 5.03 Å². The van der Waals surface area contributed by atoms with Crippen LogP contribution < -0.4 is 5.32 Å². The van der Waals surface area contributed by atoms with Crippen LogP contribution in [0.15, 0.2) is 29.3 Å². The van der Waals surface area contributed by atoms with Crippen molar-refractivity contribution in [3.63, 3.8) is 0 Å². The molecule has 0 spiro atoms. The molecule has 0 aliphatic heterocycles. The Morgan fingerprint density at radius 3 is 2.83 bits per heavy atom. The zero-order valence-electron chi connectivity index (χ0n) is 10.6. The standard InChI is InChI=1S/C13H17N3OS/c1-3-14-13-15-11-7-5-4-6-10(11)12(16-13)18-9(2)8-17/h4-7,9,17H,3,8H2,1-2H3,(H,14,15,16). The van der Waals surface area contributed by atoms with Crippen LogP contribution in [0.25, 0.3) is 10.9 Å². The predicted molar refractivity (Wildman–Crippen MR) is 76.1 cm³/mol. The smallest absolute Gasteiger partial charge is 0.224 e. The van der Waals surface area contributed by atoms with Gasteiger partial charge in [0, 0.05) is 17.2 Å². The lowest BCUT2D eigenvalue weighted by atomic mass is 10.2. The lowest BCUT2D eigenvalue weighted by Gasteiger charge is -2.11. The number of thioether (sulfide) groups is 1. The molecule has 0 saturated carbocycles. The van der Waals surface area contributed by atoms with Crippen molar-refractivity contribution in [3.05, 3.63) is 24.3 Å². The highest BCUT2D eigenvalue weighted by atomic mass is 32.2. The van der Waals surface area contributed by atoms with E-state index in [1.165, 1.54) is 0 Å². The third-order valence-corrected chi connectivity index (χ3v) is 3.56. The van der Waals surface area contributed by atoms with Crippen LogP contribution in [0.1, 0.15) is 13.8 Å². The molecule has 0 aliphatic carbocycles. The summed E-state index contributed by atoms with van der Waals surface area (Å²) in [7, 11) is 0. The molecule has 1 unspecified atom stereocenters. The first kappa shape index (κ1) is 13.1. The summed E-state index contributed by atoms with van der Waals surface area (Å²) in [5, 5.41) is 14.4. The summed E-state index contributed by atoms with van der Waals surface area (Å²) in [4.78, 5) is 8.97. The maximum atomic E-state index is 9.16. The molecule has 1 aromatic heterocycles. The number of aliphatic hydroxyl groups excluding tert-OH is 1. The largest absolute Gasteiger partial charge is 0.395 e. The van der Waals surface area contributed by atoms with Crippen molar-refractivity contribution >= 4 is 28.6 Å². The van der Waals surface area contributed by atoms with E-state index in [0.717, 1.165) is 22.5 Å². The second kappa shape index (κ2) is 6.02. The number of fused-ring (bicyclic) bond motifs is 1. The van der Waals surface area contributed by atoms with Gasteiger partial charge in [0.25, 0.3) is 0 Å². The van der Waals surface area contributed by atoms with E-state index in [1.807, 2.05) is 38.1 Å². The summed E-state index contributed by atoms with van der Waals surface area (Å²) in [5.74, 6) is 0.642. The van der Waals surface area contributed by atoms with Crippen molar-refractivity contribution in [2.45, 2.75) is 24.1 Å². The number of aliphatic hydroxyl groups is 1. The normalized spacial score (nSPS) is 12.6. The fourth-order valence-electron chi connectivity index (χ4n) is 1.60. The van der Waals surface area contributed by atoms with Crippen LogP contribution in [-0.2, 0) is 0 Å². The van der Waals surface area contributed by atoms with E-state index in [9.17, 15) is 0 Å². The third kappa shape index (κ3) is 2.91. The number of nitrogens with zero attached hydrogens (tertiary/aromatic N) is 2. The van der Waals surface area contributed by atoms with Crippen LogP contribution in [0.5, 0.6) is 0 Å². The minimum Gasteiger partial charge on any atom is -0.395 e. The van der Waals surface area contributed by atoms with Crippen molar-refractivity contribution in [3.8, 4) is 0 Å². The fraction of sp³-hybridized carbons (Fsp3) is 0.385. The van der Waals surface area contributed by atoms with Crippen molar-refractivity contribution in [2.24, 2.45) is 0 Å². The molecule has 0 fully saturated rings. The van der Waals surface area contributed by atoms with Gasteiger partial charge in [-0.25, -0.2) is 9.97 Å². The van der Waals surface area contributed by atoms with Gasteiger partial charge < -0.3 is 10.4 Å². The van der Waals surface area contributed by atoms with Crippen LogP contribution in [-0.4, -0.2) is 33.5 Å². The summed E-state index contributed by atoms with van der Waals surface area (Å²) in [6, 6.07) is 7.93. The number of nitrogens with one attached hydrogen (secondary N) is 1. The molecule has 2 aromatic rings. The Bertz CT molecular complexity index is 533. The van der Waals surface area contributed by atoms with E-state index in [-0.39, 0.29) is 11.9 Å². The van der Waals surface area contributed by atoms with Crippen molar-refractivity contribution in [1.82, 2.24) is 9.97 Å². The van der Waals surface area contributed by atoms with Gasteiger partial charge in [0.15, 0.2) is 0 Å². The molecule has 18 heavy (non-hydrogen) atoms. The monoisotopic (exact) mass is 263 g/mol. The van der Waals surface area contributed by atoms with Gasteiger partial charge in [0.2, 0.25) is 5.95 Å². The van der Waals surface area contributed by atoms with E-state index in [4.69, 9.17) is 5.11 Å². The number of benzene rings is 1. The number of rotatable bonds is 5. The quantitative estimate of drug-likeness (QED) is 0.641. The average molecular weight is 263 g/mol. The lowest BCUT2D eigenvalue weighted by molar-refractivity contribution is 0.300. The average Bonchev–Trinajstić information content (AvgIpc) is 2.39. The first-order valence-corrected chi connectivity index (χ1v) is 6.90. The van der Waals surface area contributed by atoms with E-state index in [1.54, 1.807) is 11.8 Å². The molecule has 2 N–H and O–H groups in total. The molecular weight excluding hydrogens is 246 g/mol. The second-order valence-electron chi connectivity index (χ2n) is 4.01. The molecule has 0 bridgehead atoms. The predicted octanol–water partition coefficient (Wildman–Crippen LogP) is 2.53. The maximum absolute atomic E-state index is 9.16. The molecular formula is C13H17N3OS. The molecule has 4 nitrogen and oxygen atoms in total. The number of aromatic nitrogens is 2. The minimum atomic E-state index is 0.123. The summed E-state index contributed by atoms with van der Waals surface area (Å²) in [5.41, 5.74) is 0.927. The molecule has 1 heterocycles. The van der Waals surface area contributed by atoms with Gasteiger partial charge in [-0.1, -0.05) is 25.1 Å². The summed E-state index contributed by atoms with van der Waals surface area (Å²) >= 11 is 1.57. The van der Waals surface area contributed by atoms with E-state index in [0.29, 0.717) is 5.95 Å². The van der Waals surface area contributed by atoms with Gasteiger partial charge in [-0.2, -0.15) is 0 Å². The SMILES string of the molecule is CCNc1nc(SC(C)CO)c2ccccc2n1. The fourth-order valence-corrected chi connectivity index (χ4v) is 2.50. The highest BCUT2D eigenvalue weighted by molar-refractivity contribution is 8.00. The maximum Gasteiger partial charge on any atom is 0.224 e. The Morgan fingerprint density at radius 1 is 1.33 bits per heavy atom. The van der Waals surface area contributed by atoms with Crippen LogP contribution >= 0.6 is 11.8 Å². The van der Waals surface area contributed by atoms with Crippen LogP contribution in [0, 0.1) is 0 Å². The van der Waals surface area contributed by atoms with Gasteiger partial charge in [-0.15, -0.1) is 11.8 Å². The molecule has 1 aromatic carbocycles. The summed E-state index contributed by atoms with van der Waals surface area (Å²) < 4.78 is 0. The molecule has 0 radical (unpaired) electrons. The van der Waals surface area contributed by atoms with E-state index in [2.05, 4.69) is 15.3 Å². The molecule has 1 atom stereocenters. The lowest BCUT2D eigenvalue weighted by Crippen LogP contribution is -2.06. The van der Waals surface area contributed by atoms with E-state index >= 15 is 0 Å². The number of anilines is 1. The Kier molecular flexibility index (Phi) is 4.38. The van der Waals surface area contributed by atoms with Crippen molar-refractivity contribution in [1.29, 1.82) is 0 Å². The first-order chi connectivity index (χ1) is 8.74. The van der Waals surface area contributed by atoms with Gasteiger partial charge in [0.05, 0.1) is 12.1 Å². The Balaban J connectivity index is 2.46. The summed E-state index contributed by atoms with van der Waals surface area (Å²) in [6.07, 6.45) is 0. The molecule has 0 saturated heterocycles. The van der Waals surface area contributed by atoms with E-state index < -0.39 is 0 Å². The number of para-hydroxylation sites is 1. The second-order valence-corrected chi connectivity index (χ2v) is 5.44.